The lowest BCUT2D eigenvalue weighted by atomic mass is 9.86. The Morgan fingerprint density at radius 2 is 1.59 bits per heavy atom. The fourth-order valence-corrected chi connectivity index (χ4v) is 5.33. The zero-order chi connectivity index (χ0) is 26.5. The zero-order valence-electron chi connectivity index (χ0n) is 20.6. The number of anilines is 4. The summed E-state index contributed by atoms with van der Waals surface area (Å²) in [6, 6.07) is 17.3. The molecule has 0 bridgehead atoms. The SMILES string of the molecule is O=C([O-])c1ccc(Nc2cc(N3CCN(c4ncccn4)CC3)c3noc4c3c2C(=O)c2ccccc2-4)cc1. The van der Waals surface area contributed by atoms with Gasteiger partial charge in [-0.05, 0) is 29.8 Å². The van der Waals surface area contributed by atoms with Crippen molar-refractivity contribution < 1.29 is 19.2 Å². The van der Waals surface area contributed by atoms with Crippen LogP contribution in [-0.4, -0.2) is 53.1 Å². The Balaban J connectivity index is 1.33. The number of rotatable bonds is 5. The fraction of sp³-hybridized carbons (Fsp3) is 0.138. The minimum absolute atomic E-state index is 0.0737. The highest BCUT2D eigenvalue weighted by molar-refractivity contribution is 6.28. The molecule has 1 saturated heterocycles. The van der Waals surface area contributed by atoms with Crippen LogP contribution in [0.1, 0.15) is 26.3 Å². The van der Waals surface area contributed by atoms with Crippen molar-refractivity contribution in [2.45, 2.75) is 0 Å². The van der Waals surface area contributed by atoms with Crippen LogP contribution in [0.2, 0.25) is 0 Å². The number of nitrogens with one attached hydrogen (secondary N) is 1. The summed E-state index contributed by atoms with van der Waals surface area (Å²) in [4.78, 5) is 38.1. The highest BCUT2D eigenvalue weighted by atomic mass is 16.5. The highest BCUT2D eigenvalue weighted by Gasteiger charge is 2.34. The average molecular weight is 518 g/mol. The van der Waals surface area contributed by atoms with Crippen molar-refractivity contribution in [3.8, 4) is 11.3 Å². The molecule has 1 aliphatic heterocycles. The van der Waals surface area contributed by atoms with E-state index in [0.29, 0.717) is 76.9 Å². The highest BCUT2D eigenvalue weighted by Crippen LogP contribution is 2.46. The first-order valence-electron chi connectivity index (χ1n) is 12.5. The monoisotopic (exact) mass is 517 g/mol. The van der Waals surface area contributed by atoms with E-state index in [9.17, 15) is 14.7 Å². The van der Waals surface area contributed by atoms with Crippen LogP contribution in [0, 0.1) is 0 Å². The third kappa shape index (κ3) is 3.76. The molecule has 0 atom stereocenters. The van der Waals surface area contributed by atoms with Crippen LogP contribution >= 0.6 is 0 Å². The first kappa shape index (κ1) is 22.9. The smallest absolute Gasteiger partial charge is 0.225 e. The summed E-state index contributed by atoms with van der Waals surface area (Å²) >= 11 is 0. The van der Waals surface area contributed by atoms with Crippen LogP contribution in [0.15, 0.2) is 77.6 Å². The molecule has 3 aromatic carbocycles. The van der Waals surface area contributed by atoms with Crippen molar-refractivity contribution in [1.29, 1.82) is 0 Å². The molecule has 0 amide bonds. The first-order chi connectivity index (χ1) is 19.1. The molecule has 10 nitrogen and oxygen atoms in total. The van der Waals surface area contributed by atoms with Gasteiger partial charge in [-0.1, -0.05) is 41.6 Å². The topological polar surface area (TPSA) is 128 Å². The van der Waals surface area contributed by atoms with Gasteiger partial charge in [0.05, 0.1) is 28.3 Å². The number of hydrogen-bond acceptors (Lipinski definition) is 10. The number of carbonyl (C=O) groups excluding carboxylic acids is 2. The van der Waals surface area contributed by atoms with Gasteiger partial charge in [0.25, 0.3) is 0 Å². The third-order valence-electron chi connectivity index (χ3n) is 7.23. The number of aromatic nitrogens is 3. The van der Waals surface area contributed by atoms with Gasteiger partial charge in [-0.15, -0.1) is 0 Å². The minimum atomic E-state index is -1.25. The van der Waals surface area contributed by atoms with E-state index in [1.807, 2.05) is 24.3 Å². The number of aromatic carboxylic acids is 1. The molecule has 39 heavy (non-hydrogen) atoms. The van der Waals surface area contributed by atoms with Crippen LogP contribution in [0.5, 0.6) is 0 Å². The second kappa shape index (κ2) is 8.95. The van der Waals surface area contributed by atoms with Crippen molar-refractivity contribution in [3.63, 3.8) is 0 Å². The molecule has 0 radical (unpaired) electrons. The van der Waals surface area contributed by atoms with E-state index in [2.05, 4.69) is 30.2 Å². The second-order valence-electron chi connectivity index (χ2n) is 9.44. The molecule has 5 aromatic rings. The number of nitrogens with zero attached hydrogens (tertiary/aromatic N) is 5. The number of piperazine rings is 1. The van der Waals surface area contributed by atoms with Crippen molar-refractivity contribution in [2.75, 3.05) is 41.3 Å². The number of carboxylic acid groups (broad SMARTS) is 1. The van der Waals surface area contributed by atoms with Gasteiger partial charge in [0.2, 0.25) is 5.95 Å². The van der Waals surface area contributed by atoms with E-state index < -0.39 is 5.97 Å². The lowest BCUT2D eigenvalue weighted by Crippen LogP contribution is -2.47. The van der Waals surface area contributed by atoms with E-state index in [4.69, 9.17) is 4.52 Å². The van der Waals surface area contributed by atoms with Gasteiger partial charge in [-0.3, -0.25) is 4.79 Å². The summed E-state index contributed by atoms with van der Waals surface area (Å²) < 4.78 is 5.88. The van der Waals surface area contributed by atoms with Crippen molar-refractivity contribution in [1.82, 2.24) is 15.1 Å². The summed E-state index contributed by atoms with van der Waals surface area (Å²) in [5.41, 5.74) is 4.51. The molecule has 0 unspecified atom stereocenters. The number of ketones is 1. The van der Waals surface area contributed by atoms with E-state index in [1.165, 1.54) is 12.1 Å². The quantitative estimate of drug-likeness (QED) is 0.364. The Kier molecular flexibility index (Phi) is 5.25. The van der Waals surface area contributed by atoms with Gasteiger partial charge in [0.15, 0.2) is 11.5 Å². The Morgan fingerprint density at radius 1 is 0.897 bits per heavy atom. The van der Waals surface area contributed by atoms with Gasteiger partial charge < -0.3 is 29.5 Å². The van der Waals surface area contributed by atoms with E-state index in [0.717, 1.165) is 5.69 Å². The van der Waals surface area contributed by atoms with Gasteiger partial charge in [0, 0.05) is 55.4 Å². The Morgan fingerprint density at radius 3 is 2.31 bits per heavy atom. The molecule has 1 aliphatic carbocycles. The summed E-state index contributed by atoms with van der Waals surface area (Å²) in [5.74, 6) is -0.122. The molecule has 2 aliphatic rings. The lowest BCUT2D eigenvalue weighted by molar-refractivity contribution is -0.255. The van der Waals surface area contributed by atoms with Gasteiger partial charge in [0.1, 0.15) is 5.52 Å². The maximum absolute atomic E-state index is 13.8. The van der Waals surface area contributed by atoms with Crippen LogP contribution in [0.25, 0.3) is 22.2 Å². The van der Waals surface area contributed by atoms with E-state index in [1.54, 1.807) is 36.7 Å². The molecule has 3 heterocycles. The molecule has 0 spiro atoms. The van der Waals surface area contributed by atoms with Crippen molar-refractivity contribution >= 4 is 45.7 Å². The molecule has 0 saturated carbocycles. The largest absolute Gasteiger partial charge is 0.545 e. The summed E-state index contributed by atoms with van der Waals surface area (Å²) in [6.07, 6.45) is 3.47. The fourth-order valence-electron chi connectivity index (χ4n) is 5.33. The number of carbonyl (C=O) groups is 2. The molecule has 2 aromatic heterocycles. The zero-order valence-corrected chi connectivity index (χ0v) is 20.6. The van der Waals surface area contributed by atoms with Crippen LogP contribution in [0.3, 0.4) is 0 Å². The molecule has 192 valence electrons. The average Bonchev–Trinajstić information content (AvgIpc) is 3.42. The number of hydrogen-bond donors (Lipinski definition) is 1. The third-order valence-corrected chi connectivity index (χ3v) is 7.23. The Bertz CT molecular complexity index is 1740. The number of fused-ring (bicyclic) bond motifs is 2. The number of carboxylic acids is 1. The van der Waals surface area contributed by atoms with Crippen LogP contribution < -0.4 is 20.2 Å². The standard InChI is InChI=1S/C29H22N6O4/c36-26-19-4-1-2-5-20(19)27-24-23(26)21(32-18-8-6-17(7-9-18)28(37)38)16-22(25(24)33-39-27)34-12-14-35(15-13-34)29-30-10-3-11-31-29/h1-11,16,32H,12-15H2,(H,37,38)/p-1. The molecular weight excluding hydrogens is 496 g/mol. The first-order valence-corrected chi connectivity index (χ1v) is 12.5. The molecule has 1 N–H and O–H groups in total. The predicted molar refractivity (Wildman–Crippen MR) is 143 cm³/mol. The second-order valence-corrected chi connectivity index (χ2v) is 9.44. The molecule has 1 fully saturated rings. The van der Waals surface area contributed by atoms with Gasteiger partial charge in [-0.25, -0.2) is 9.97 Å². The summed E-state index contributed by atoms with van der Waals surface area (Å²) in [5, 5.41) is 19.7. The van der Waals surface area contributed by atoms with Gasteiger partial charge in [-0.2, -0.15) is 0 Å². The van der Waals surface area contributed by atoms with E-state index >= 15 is 0 Å². The maximum atomic E-state index is 13.8. The normalized spacial score (nSPS) is 14.4. The molecule has 7 rings (SSSR count). The molecule has 10 heteroatoms. The summed E-state index contributed by atoms with van der Waals surface area (Å²) in [6.45, 7) is 2.82. The lowest BCUT2D eigenvalue weighted by Gasteiger charge is -2.36. The predicted octanol–water partition coefficient (Wildman–Crippen LogP) is 3.26. The van der Waals surface area contributed by atoms with Crippen LogP contribution in [-0.2, 0) is 0 Å². The minimum Gasteiger partial charge on any atom is -0.545 e. The van der Waals surface area contributed by atoms with Crippen molar-refractivity contribution in [3.05, 3.63) is 89.7 Å². The maximum Gasteiger partial charge on any atom is 0.225 e. The van der Waals surface area contributed by atoms with Crippen molar-refractivity contribution in [2.24, 2.45) is 0 Å². The van der Waals surface area contributed by atoms with Crippen LogP contribution in [0.4, 0.5) is 23.0 Å². The van der Waals surface area contributed by atoms with E-state index in [-0.39, 0.29) is 11.3 Å². The summed E-state index contributed by atoms with van der Waals surface area (Å²) in [7, 11) is 0. The molecular formula is C29H21N6O4-. The van der Waals surface area contributed by atoms with Gasteiger partial charge >= 0.3 is 0 Å². The Hall–Kier alpha value is -5.25. The Labute approximate surface area is 222 Å². The number of benzene rings is 3.